The second-order valence-electron chi connectivity index (χ2n) is 7.05. The van der Waals surface area contributed by atoms with Crippen LogP contribution in [-0.2, 0) is 13.6 Å². The van der Waals surface area contributed by atoms with Crippen molar-refractivity contribution in [1.29, 1.82) is 0 Å². The van der Waals surface area contributed by atoms with Gasteiger partial charge in [0.1, 0.15) is 0 Å². The topological polar surface area (TPSA) is 66.2 Å². The summed E-state index contributed by atoms with van der Waals surface area (Å²) in [7, 11) is 1.65. The number of fused-ring (bicyclic) bond motifs is 3. The van der Waals surface area contributed by atoms with Crippen molar-refractivity contribution in [2.45, 2.75) is 33.4 Å². The van der Waals surface area contributed by atoms with E-state index in [1.165, 1.54) is 9.13 Å². The number of rotatable bonds is 3. The molecule has 0 saturated heterocycles. The Kier molecular flexibility index (Phi) is 4.10. The van der Waals surface area contributed by atoms with Crippen molar-refractivity contribution < 1.29 is 0 Å². The van der Waals surface area contributed by atoms with Crippen molar-refractivity contribution in [2.75, 3.05) is 0 Å². The number of nitrogens with zero attached hydrogens (tertiary/aromatic N) is 5. The van der Waals surface area contributed by atoms with E-state index >= 15 is 0 Å². The van der Waals surface area contributed by atoms with E-state index in [2.05, 4.69) is 39.3 Å². The molecule has 3 heterocycles. The monoisotopic (exact) mass is 429 g/mol. The average Bonchev–Trinajstić information content (AvgIpc) is 3.12. The number of halogens is 1. The van der Waals surface area contributed by atoms with Crippen LogP contribution in [0.1, 0.15) is 31.1 Å². The Morgan fingerprint density at radius 1 is 1.15 bits per heavy atom. The van der Waals surface area contributed by atoms with Gasteiger partial charge in [-0.05, 0) is 38.5 Å². The molecule has 0 N–H and O–H groups in total. The van der Waals surface area contributed by atoms with Crippen LogP contribution in [0.4, 0.5) is 0 Å². The highest BCUT2D eigenvalue weighted by atomic mass is 79.9. The van der Waals surface area contributed by atoms with Crippen LogP contribution in [0.5, 0.6) is 0 Å². The third-order valence-corrected chi connectivity index (χ3v) is 5.37. The number of aromatic nitrogens is 5. The zero-order valence-corrected chi connectivity index (χ0v) is 17.2. The van der Waals surface area contributed by atoms with E-state index in [4.69, 9.17) is 0 Å². The minimum atomic E-state index is -0.371. The molecule has 0 spiro atoms. The second-order valence-corrected chi connectivity index (χ2v) is 7.96. The average molecular weight is 430 g/mol. The van der Waals surface area contributed by atoms with Crippen molar-refractivity contribution >= 4 is 32.9 Å². The summed E-state index contributed by atoms with van der Waals surface area (Å²) < 4.78 is 7.52. The third kappa shape index (κ3) is 2.66. The van der Waals surface area contributed by atoms with Gasteiger partial charge in [-0.25, -0.2) is 4.79 Å². The number of benzene rings is 1. The van der Waals surface area contributed by atoms with Crippen molar-refractivity contribution in [2.24, 2.45) is 7.05 Å². The van der Waals surface area contributed by atoms with Crippen LogP contribution in [0.25, 0.3) is 16.9 Å². The van der Waals surface area contributed by atoms with E-state index in [0.717, 1.165) is 15.7 Å². The van der Waals surface area contributed by atoms with E-state index in [-0.39, 0.29) is 23.8 Å². The van der Waals surface area contributed by atoms with Crippen LogP contribution in [0.15, 0.2) is 44.5 Å². The highest BCUT2D eigenvalue weighted by Crippen LogP contribution is 2.20. The molecule has 3 aromatic heterocycles. The molecule has 140 valence electrons. The standard InChI is InChI=1S/C19H20BrN5O2/c1-11(2)25-12(3)9-23-15-16(21-18(23)25)22(4)19(27)24(17(15)26)10-13-5-7-14(20)8-6-13/h5-9,11H,10H2,1-4H3. The van der Waals surface area contributed by atoms with Gasteiger partial charge in [-0.1, -0.05) is 28.1 Å². The Morgan fingerprint density at radius 2 is 1.81 bits per heavy atom. The summed E-state index contributed by atoms with van der Waals surface area (Å²) in [6.07, 6.45) is 1.90. The van der Waals surface area contributed by atoms with E-state index < -0.39 is 0 Å². The SMILES string of the molecule is Cc1cn2c3c(=O)n(Cc4ccc(Br)cc4)c(=O)n(C)c3nc2n1C(C)C. The highest BCUT2D eigenvalue weighted by molar-refractivity contribution is 9.10. The quantitative estimate of drug-likeness (QED) is 0.502. The Labute approximate surface area is 163 Å². The Bertz CT molecular complexity index is 1290. The molecular weight excluding hydrogens is 410 g/mol. The minimum absolute atomic E-state index is 0.196. The van der Waals surface area contributed by atoms with Crippen molar-refractivity contribution in [3.05, 3.63) is 67.0 Å². The molecule has 0 saturated carbocycles. The Balaban J connectivity index is 2.02. The molecule has 4 aromatic rings. The van der Waals surface area contributed by atoms with Crippen molar-refractivity contribution in [3.63, 3.8) is 0 Å². The lowest BCUT2D eigenvalue weighted by Gasteiger charge is -2.09. The van der Waals surface area contributed by atoms with Gasteiger partial charge in [-0.3, -0.25) is 18.3 Å². The van der Waals surface area contributed by atoms with Gasteiger partial charge in [-0.15, -0.1) is 0 Å². The summed E-state index contributed by atoms with van der Waals surface area (Å²) in [6, 6.07) is 7.78. The lowest BCUT2D eigenvalue weighted by molar-refractivity contribution is 0.601. The molecule has 8 heteroatoms. The van der Waals surface area contributed by atoms with Crippen LogP contribution < -0.4 is 11.2 Å². The van der Waals surface area contributed by atoms with Gasteiger partial charge in [0.15, 0.2) is 11.2 Å². The van der Waals surface area contributed by atoms with E-state index in [1.54, 1.807) is 11.4 Å². The molecule has 0 atom stereocenters. The molecule has 27 heavy (non-hydrogen) atoms. The molecule has 4 rings (SSSR count). The summed E-state index contributed by atoms with van der Waals surface area (Å²) in [6.45, 7) is 6.34. The molecule has 0 bridgehead atoms. The maximum absolute atomic E-state index is 13.2. The Hall–Kier alpha value is -2.61. The van der Waals surface area contributed by atoms with Gasteiger partial charge in [0, 0.05) is 29.5 Å². The van der Waals surface area contributed by atoms with Crippen LogP contribution >= 0.6 is 15.9 Å². The van der Waals surface area contributed by atoms with Crippen LogP contribution in [0.3, 0.4) is 0 Å². The lowest BCUT2D eigenvalue weighted by Crippen LogP contribution is -2.39. The molecule has 0 aliphatic rings. The van der Waals surface area contributed by atoms with Gasteiger partial charge in [-0.2, -0.15) is 4.98 Å². The summed E-state index contributed by atoms with van der Waals surface area (Å²) >= 11 is 3.40. The first-order valence-corrected chi connectivity index (χ1v) is 9.52. The Morgan fingerprint density at radius 3 is 2.44 bits per heavy atom. The smallest absolute Gasteiger partial charge is 0.312 e. The zero-order valence-electron chi connectivity index (χ0n) is 15.6. The second kappa shape index (κ2) is 6.23. The van der Waals surface area contributed by atoms with Crippen molar-refractivity contribution in [1.82, 2.24) is 23.1 Å². The molecule has 0 amide bonds. The van der Waals surface area contributed by atoms with E-state index in [1.807, 2.05) is 37.4 Å². The fourth-order valence-electron chi connectivity index (χ4n) is 3.58. The maximum atomic E-state index is 13.2. The molecular formula is C19H20BrN5O2. The summed E-state index contributed by atoms with van der Waals surface area (Å²) in [5.41, 5.74) is 2.03. The van der Waals surface area contributed by atoms with Crippen LogP contribution in [0.2, 0.25) is 0 Å². The number of hydrogen-bond acceptors (Lipinski definition) is 3. The number of hydrogen-bond donors (Lipinski definition) is 0. The van der Waals surface area contributed by atoms with E-state index in [0.29, 0.717) is 16.9 Å². The number of aryl methyl sites for hydroxylation is 2. The van der Waals surface area contributed by atoms with Gasteiger partial charge in [0.25, 0.3) is 5.56 Å². The van der Waals surface area contributed by atoms with E-state index in [9.17, 15) is 9.59 Å². The molecule has 7 nitrogen and oxygen atoms in total. The summed E-state index contributed by atoms with van der Waals surface area (Å²) in [4.78, 5) is 30.6. The fraction of sp³-hybridized carbons (Fsp3) is 0.316. The van der Waals surface area contributed by atoms with Crippen LogP contribution in [-0.4, -0.2) is 23.1 Å². The first-order chi connectivity index (χ1) is 12.8. The number of imidazole rings is 2. The molecule has 0 radical (unpaired) electrons. The lowest BCUT2D eigenvalue weighted by atomic mass is 10.2. The largest absolute Gasteiger partial charge is 0.332 e. The molecule has 0 fully saturated rings. The van der Waals surface area contributed by atoms with Crippen molar-refractivity contribution in [3.8, 4) is 0 Å². The first-order valence-electron chi connectivity index (χ1n) is 8.73. The van der Waals surface area contributed by atoms with Gasteiger partial charge >= 0.3 is 5.69 Å². The van der Waals surface area contributed by atoms with Gasteiger partial charge < -0.3 is 4.57 Å². The zero-order chi connectivity index (χ0) is 19.5. The summed E-state index contributed by atoms with van der Waals surface area (Å²) in [5, 5.41) is 0. The maximum Gasteiger partial charge on any atom is 0.332 e. The first kappa shape index (κ1) is 17.8. The predicted octanol–water partition coefficient (Wildman–Crippen LogP) is 2.85. The summed E-state index contributed by atoms with van der Waals surface area (Å²) in [5.74, 6) is 0.672. The molecule has 0 aliphatic heterocycles. The normalized spacial score (nSPS) is 11.9. The predicted molar refractivity (Wildman–Crippen MR) is 109 cm³/mol. The van der Waals surface area contributed by atoms with Gasteiger partial charge in [0.05, 0.1) is 6.54 Å². The molecule has 0 unspecified atom stereocenters. The highest BCUT2D eigenvalue weighted by Gasteiger charge is 2.21. The van der Waals surface area contributed by atoms with Gasteiger partial charge in [0.2, 0.25) is 5.78 Å². The fourth-order valence-corrected chi connectivity index (χ4v) is 3.84. The van der Waals surface area contributed by atoms with Crippen LogP contribution in [0, 0.1) is 6.92 Å². The third-order valence-electron chi connectivity index (χ3n) is 4.84. The molecule has 1 aromatic carbocycles. The molecule has 0 aliphatic carbocycles. The minimum Gasteiger partial charge on any atom is -0.312 e.